The summed E-state index contributed by atoms with van der Waals surface area (Å²) >= 11 is 0. The van der Waals surface area contributed by atoms with Gasteiger partial charge >= 0.3 is 6.09 Å². The molecule has 3 heterocycles. The highest BCUT2D eigenvalue weighted by atomic mass is 16.6. The van der Waals surface area contributed by atoms with Gasteiger partial charge in [-0.2, -0.15) is 0 Å². The predicted octanol–water partition coefficient (Wildman–Crippen LogP) is -0.619. The maximum absolute atomic E-state index is 13.0. The summed E-state index contributed by atoms with van der Waals surface area (Å²) in [6.07, 6.45) is -1.81. The molecule has 176 valence electrons. The van der Waals surface area contributed by atoms with Crippen molar-refractivity contribution in [3.63, 3.8) is 0 Å². The van der Waals surface area contributed by atoms with Gasteiger partial charge < -0.3 is 38.8 Å². The lowest BCUT2D eigenvalue weighted by Crippen LogP contribution is -2.63. The Morgan fingerprint density at radius 1 is 0.968 bits per heavy atom. The Kier molecular flexibility index (Phi) is 8.09. The number of carbonyl (C=O) groups excluding carboxylic acids is 3. The Bertz CT molecular complexity index is 641. The average molecular weight is 443 g/mol. The summed E-state index contributed by atoms with van der Waals surface area (Å²) in [4.78, 5) is 41.3. The molecule has 3 aliphatic rings. The number of nitrogens with one attached hydrogen (secondary N) is 1. The lowest BCUT2D eigenvalue weighted by Gasteiger charge is -2.43. The Labute approximate surface area is 182 Å². The van der Waals surface area contributed by atoms with E-state index in [1.54, 1.807) is 30.6 Å². The largest absolute Gasteiger partial charge is 0.444 e. The van der Waals surface area contributed by atoms with E-state index in [4.69, 9.17) is 23.7 Å². The molecule has 0 aromatic rings. The van der Waals surface area contributed by atoms with Crippen molar-refractivity contribution >= 4 is 17.9 Å². The summed E-state index contributed by atoms with van der Waals surface area (Å²) in [6.45, 7) is 8.45. The fourth-order valence-electron chi connectivity index (χ4n) is 3.60. The standard InChI is InChI=1S/C20H33N3O8/c1-20(2,3)31-19(26)22-4-5-23(18(25)16-13-28-7-9-30-16)14(11-22)10-21-17(24)15-12-27-6-8-29-15/h14-16H,4-13H2,1-3H3,(H,21,24)/t14-,15-,16+/m1/s1. The zero-order valence-corrected chi connectivity index (χ0v) is 18.5. The normalized spacial score (nSPS) is 27.5. The van der Waals surface area contributed by atoms with Crippen LogP contribution in [0.1, 0.15) is 20.8 Å². The van der Waals surface area contributed by atoms with Crippen LogP contribution in [0, 0.1) is 0 Å². The monoisotopic (exact) mass is 443 g/mol. The van der Waals surface area contributed by atoms with Crippen LogP contribution >= 0.6 is 0 Å². The minimum Gasteiger partial charge on any atom is -0.444 e. The molecule has 3 amide bonds. The van der Waals surface area contributed by atoms with Gasteiger partial charge in [0.05, 0.1) is 45.7 Å². The summed E-state index contributed by atoms with van der Waals surface area (Å²) in [5, 5.41) is 2.83. The van der Waals surface area contributed by atoms with Crippen LogP contribution in [0.3, 0.4) is 0 Å². The Morgan fingerprint density at radius 2 is 1.61 bits per heavy atom. The molecule has 0 radical (unpaired) electrons. The maximum Gasteiger partial charge on any atom is 0.410 e. The van der Waals surface area contributed by atoms with Gasteiger partial charge in [0.25, 0.3) is 11.8 Å². The van der Waals surface area contributed by atoms with Crippen LogP contribution in [-0.2, 0) is 33.3 Å². The molecule has 0 saturated carbocycles. The van der Waals surface area contributed by atoms with Gasteiger partial charge in [-0.3, -0.25) is 9.59 Å². The zero-order chi connectivity index (χ0) is 22.4. The van der Waals surface area contributed by atoms with Crippen LogP contribution in [0.25, 0.3) is 0 Å². The second-order valence-corrected chi connectivity index (χ2v) is 8.73. The molecule has 0 bridgehead atoms. The molecule has 3 aliphatic heterocycles. The first-order chi connectivity index (χ1) is 14.7. The summed E-state index contributed by atoms with van der Waals surface area (Å²) < 4.78 is 27.1. The van der Waals surface area contributed by atoms with Crippen LogP contribution in [-0.4, -0.2) is 117 Å². The molecule has 3 fully saturated rings. The fourth-order valence-corrected chi connectivity index (χ4v) is 3.60. The minimum absolute atomic E-state index is 0.164. The number of hydrogen-bond acceptors (Lipinski definition) is 8. The molecule has 3 saturated heterocycles. The summed E-state index contributed by atoms with van der Waals surface area (Å²) in [5.74, 6) is -0.515. The molecule has 0 aromatic carbocycles. The van der Waals surface area contributed by atoms with Crippen molar-refractivity contribution in [2.75, 3.05) is 65.8 Å². The second-order valence-electron chi connectivity index (χ2n) is 8.73. The lowest BCUT2D eigenvalue weighted by molar-refractivity contribution is -0.163. The lowest BCUT2D eigenvalue weighted by atomic mass is 10.1. The molecule has 11 nitrogen and oxygen atoms in total. The number of ether oxygens (including phenoxy) is 5. The highest BCUT2D eigenvalue weighted by Crippen LogP contribution is 2.17. The molecule has 11 heteroatoms. The molecule has 3 atom stereocenters. The van der Waals surface area contributed by atoms with Gasteiger partial charge in [0.2, 0.25) is 0 Å². The summed E-state index contributed by atoms with van der Waals surface area (Å²) in [7, 11) is 0. The molecule has 0 unspecified atom stereocenters. The van der Waals surface area contributed by atoms with Crippen molar-refractivity contribution < 1.29 is 38.1 Å². The number of piperazine rings is 1. The fraction of sp³-hybridized carbons (Fsp3) is 0.850. The zero-order valence-electron chi connectivity index (χ0n) is 18.5. The van der Waals surface area contributed by atoms with E-state index in [2.05, 4.69) is 5.32 Å². The van der Waals surface area contributed by atoms with Crippen molar-refractivity contribution in [1.82, 2.24) is 15.1 Å². The maximum atomic E-state index is 13.0. The van der Waals surface area contributed by atoms with E-state index in [0.717, 1.165) is 0 Å². The Morgan fingerprint density at radius 3 is 2.19 bits per heavy atom. The number of rotatable bonds is 4. The Hall–Kier alpha value is -1.95. The predicted molar refractivity (Wildman–Crippen MR) is 107 cm³/mol. The molecule has 0 aromatic heterocycles. The van der Waals surface area contributed by atoms with Gasteiger partial charge in [0.15, 0.2) is 12.2 Å². The third-order valence-corrected chi connectivity index (χ3v) is 5.13. The number of carbonyl (C=O) groups is 3. The van der Waals surface area contributed by atoms with Gasteiger partial charge in [-0.25, -0.2) is 4.79 Å². The summed E-state index contributed by atoms with van der Waals surface area (Å²) in [5.41, 5.74) is -0.626. The SMILES string of the molecule is CC(C)(C)OC(=O)N1CCN(C(=O)[C@@H]2COCCO2)[C@H](CNC(=O)[C@H]2COCCO2)C1. The van der Waals surface area contributed by atoms with Crippen molar-refractivity contribution in [3.05, 3.63) is 0 Å². The van der Waals surface area contributed by atoms with Gasteiger partial charge in [0, 0.05) is 26.2 Å². The van der Waals surface area contributed by atoms with Crippen molar-refractivity contribution in [3.8, 4) is 0 Å². The van der Waals surface area contributed by atoms with E-state index in [9.17, 15) is 14.4 Å². The van der Waals surface area contributed by atoms with Crippen molar-refractivity contribution in [1.29, 1.82) is 0 Å². The van der Waals surface area contributed by atoms with E-state index >= 15 is 0 Å². The van der Waals surface area contributed by atoms with Crippen molar-refractivity contribution in [2.24, 2.45) is 0 Å². The third kappa shape index (κ3) is 6.76. The summed E-state index contributed by atoms with van der Waals surface area (Å²) in [6, 6.07) is -0.437. The topological polar surface area (TPSA) is 116 Å². The van der Waals surface area contributed by atoms with E-state index in [1.165, 1.54) is 0 Å². The second kappa shape index (κ2) is 10.6. The highest BCUT2D eigenvalue weighted by molar-refractivity contribution is 5.83. The highest BCUT2D eigenvalue weighted by Gasteiger charge is 2.38. The van der Waals surface area contributed by atoms with E-state index in [0.29, 0.717) is 39.5 Å². The third-order valence-electron chi connectivity index (χ3n) is 5.13. The molecular weight excluding hydrogens is 410 g/mol. The number of hydrogen-bond donors (Lipinski definition) is 1. The molecule has 3 rings (SSSR count). The molecule has 31 heavy (non-hydrogen) atoms. The van der Waals surface area contributed by atoms with Crippen LogP contribution in [0.2, 0.25) is 0 Å². The first-order valence-corrected chi connectivity index (χ1v) is 10.7. The van der Waals surface area contributed by atoms with Gasteiger partial charge in [0.1, 0.15) is 5.60 Å². The van der Waals surface area contributed by atoms with Crippen LogP contribution < -0.4 is 5.32 Å². The average Bonchev–Trinajstić information content (AvgIpc) is 2.77. The van der Waals surface area contributed by atoms with Gasteiger partial charge in [-0.05, 0) is 20.8 Å². The molecule has 0 spiro atoms. The van der Waals surface area contributed by atoms with Crippen molar-refractivity contribution in [2.45, 2.75) is 44.6 Å². The van der Waals surface area contributed by atoms with E-state index in [1.807, 2.05) is 0 Å². The van der Waals surface area contributed by atoms with Crippen LogP contribution in [0.15, 0.2) is 0 Å². The van der Waals surface area contributed by atoms with Crippen LogP contribution in [0.5, 0.6) is 0 Å². The quantitative estimate of drug-likeness (QED) is 0.611. The smallest absolute Gasteiger partial charge is 0.410 e. The molecule has 0 aliphatic carbocycles. The van der Waals surface area contributed by atoms with Gasteiger partial charge in [-0.1, -0.05) is 0 Å². The minimum atomic E-state index is -0.685. The first-order valence-electron chi connectivity index (χ1n) is 10.7. The van der Waals surface area contributed by atoms with E-state index < -0.39 is 29.9 Å². The van der Waals surface area contributed by atoms with Gasteiger partial charge in [-0.15, -0.1) is 0 Å². The molecular formula is C20H33N3O8. The molecule has 1 N–H and O–H groups in total. The van der Waals surface area contributed by atoms with Crippen LogP contribution in [0.4, 0.5) is 4.79 Å². The Balaban J connectivity index is 1.64. The van der Waals surface area contributed by atoms with E-state index in [-0.39, 0.29) is 38.1 Å². The number of amides is 3. The number of nitrogens with zero attached hydrogens (tertiary/aromatic N) is 2. The first kappa shape index (κ1) is 23.7.